The monoisotopic (exact) mass is 779 g/mol. The molecule has 54 heavy (non-hydrogen) atoms. The molecule has 0 aliphatic rings. The molecule has 0 aromatic carbocycles. The number of rotatable bonds is 38. The van der Waals surface area contributed by atoms with Gasteiger partial charge in [-0.15, -0.1) is 0 Å². The maximum atomic E-state index is 12.6. The van der Waals surface area contributed by atoms with Gasteiger partial charge in [0.25, 0.3) is 0 Å². The fraction of sp³-hybridized carbons (Fsp3) is 0.659. The summed E-state index contributed by atoms with van der Waals surface area (Å²) in [7, 11) is -4.54. The van der Waals surface area contributed by atoms with Crippen LogP contribution in [0.25, 0.3) is 0 Å². The van der Waals surface area contributed by atoms with E-state index in [0.717, 1.165) is 64.2 Å². The van der Waals surface area contributed by atoms with E-state index in [9.17, 15) is 19.4 Å². The number of hydrogen-bond donors (Lipinski definition) is 3. The third-order valence-corrected chi connectivity index (χ3v) is 9.04. The normalized spacial score (nSPS) is 15.0. The topological polar surface area (TPSA) is 132 Å². The Morgan fingerprint density at radius 1 is 0.593 bits per heavy atom. The number of carbonyl (C=O) groups excluding carboxylic acids is 1. The quantitative estimate of drug-likeness (QED) is 0.0242. The first kappa shape index (κ1) is 51.6. The van der Waals surface area contributed by atoms with E-state index in [1.165, 1.54) is 44.9 Å². The first-order valence-electron chi connectivity index (χ1n) is 20.6. The van der Waals surface area contributed by atoms with Crippen LogP contribution < -0.4 is 0 Å². The SMILES string of the molecule is CC/C=C\C/C=C\C/C=C\C/C=C\C/C=C\CCOCC(COP(=O)(O)OCC(O)CO)OC(=O)CCCCCCCCC/C=C\C/C=C\CCCCC. The highest BCUT2D eigenvalue weighted by atomic mass is 31.2. The molecule has 3 unspecified atom stereocenters. The van der Waals surface area contributed by atoms with E-state index in [1.807, 2.05) is 6.08 Å². The van der Waals surface area contributed by atoms with E-state index in [-0.39, 0.29) is 13.0 Å². The molecule has 0 amide bonds. The predicted octanol–water partition coefficient (Wildman–Crippen LogP) is 11.1. The summed E-state index contributed by atoms with van der Waals surface area (Å²) < 4.78 is 33.2. The second kappa shape index (κ2) is 40.3. The van der Waals surface area contributed by atoms with Crippen LogP contribution in [-0.4, -0.2) is 66.3 Å². The fourth-order valence-corrected chi connectivity index (χ4v) is 5.77. The van der Waals surface area contributed by atoms with E-state index in [1.54, 1.807) is 0 Å². The molecule has 0 saturated heterocycles. The fourth-order valence-electron chi connectivity index (χ4n) is 4.98. The van der Waals surface area contributed by atoms with Gasteiger partial charge in [0.2, 0.25) is 0 Å². The number of phosphoric ester groups is 1. The Hall–Kier alpha value is -2.36. The number of aliphatic hydroxyl groups is 2. The number of unbranched alkanes of at least 4 members (excludes halogenated alkanes) is 10. The van der Waals surface area contributed by atoms with Crippen LogP contribution in [0, 0.1) is 0 Å². The van der Waals surface area contributed by atoms with Crippen molar-refractivity contribution in [2.24, 2.45) is 0 Å². The molecule has 9 nitrogen and oxygen atoms in total. The third-order valence-electron chi connectivity index (χ3n) is 8.08. The van der Waals surface area contributed by atoms with Crippen molar-refractivity contribution in [3.8, 4) is 0 Å². The van der Waals surface area contributed by atoms with Crippen LogP contribution in [0.2, 0.25) is 0 Å². The molecular formula is C44H75O9P. The second-order valence-electron chi connectivity index (χ2n) is 13.3. The highest BCUT2D eigenvalue weighted by Gasteiger charge is 2.26. The zero-order valence-electron chi connectivity index (χ0n) is 33.7. The highest BCUT2D eigenvalue weighted by Crippen LogP contribution is 2.43. The van der Waals surface area contributed by atoms with Gasteiger partial charge in [0.15, 0.2) is 0 Å². The van der Waals surface area contributed by atoms with E-state index in [0.29, 0.717) is 19.4 Å². The maximum absolute atomic E-state index is 12.6. The van der Waals surface area contributed by atoms with E-state index < -0.39 is 45.8 Å². The van der Waals surface area contributed by atoms with Gasteiger partial charge in [-0.2, -0.15) is 0 Å². The van der Waals surface area contributed by atoms with Crippen molar-refractivity contribution in [3.63, 3.8) is 0 Å². The minimum atomic E-state index is -4.54. The van der Waals surface area contributed by atoms with Crippen molar-refractivity contribution >= 4 is 13.8 Å². The van der Waals surface area contributed by atoms with E-state index in [2.05, 4.69) is 92.8 Å². The standard InChI is InChI=1S/C44H75O9P/c1-3-5-7-9-11-13-15-17-19-21-22-24-26-28-30-32-34-36-44(47)53-43(41-52-54(48,49)51-39-42(46)38-45)40-50-37-35-33-31-29-27-25-23-20-18-16-14-12-10-8-6-4-2/h6,8,11-14,17-20,25,27,31,33,42-43,45-46H,3-5,7,9-10,15-16,21-24,26,28-30,32,34-41H2,1-2H3,(H,48,49)/b8-6-,13-11-,14-12-,19-17-,20-18-,27-25-,33-31-. The minimum Gasteiger partial charge on any atom is -0.457 e. The Bertz CT molecular complexity index is 1110. The van der Waals surface area contributed by atoms with Crippen LogP contribution in [0.4, 0.5) is 0 Å². The summed E-state index contributed by atoms with van der Waals surface area (Å²) >= 11 is 0. The maximum Gasteiger partial charge on any atom is 0.472 e. The molecule has 3 atom stereocenters. The lowest BCUT2D eigenvalue weighted by Crippen LogP contribution is -2.29. The average molecular weight is 779 g/mol. The number of allylic oxidation sites excluding steroid dienone is 13. The molecular weight excluding hydrogens is 703 g/mol. The predicted molar refractivity (Wildman–Crippen MR) is 223 cm³/mol. The van der Waals surface area contributed by atoms with Crippen LogP contribution in [0.1, 0.15) is 142 Å². The van der Waals surface area contributed by atoms with Crippen molar-refractivity contribution in [1.29, 1.82) is 0 Å². The van der Waals surface area contributed by atoms with Gasteiger partial charge < -0.3 is 24.6 Å². The van der Waals surface area contributed by atoms with Gasteiger partial charge in [-0.1, -0.05) is 144 Å². The molecule has 10 heteroatoms. The molecule has 0 aromatic heterocycles. The largest absolute Gasteiger partial charge is 0.472 e. The van der Waals surface area contributed by atoms with Crippen LogP contribution in [0.3, 0.4) is 0 Å². The van der Waals surface area contributed by atoms with Crippen LogP contribution in [0.5, 0.6) is 0 Å². The lowest BCUT2D eigenvalue weighted by atomic mass is 10.1. The lowest BCUT2D eigenvalue weighted by Gasteiger charge is -2.20. The van der Waals surface area contributed by atoms with Crippen molar-refractivity contribution in [2.75, 3.05) is 33.0 Å². The molecule has 0 heterocycles. The molecule has 0 fully saturated rings. The Morgan fingerprint density at radius 2 is 1.06 bits per heavy atom. The van der Waals surface area contributed by atoms with Gasteiger partial charge in [0.1, 0.15) is 12.2 Å². The second-order valence-corrected chi connectivity index (χ2v) is 14.7. The highest BCUT2D eigenvalue weighted by molar-refractivity contribution is 7.47. The summed E-state index contributed by atoms with van der Waals surface area (Å²) in [5.41, 5.74) is 0. The van der Waals surface area contributed by atoms with E-state index >= 15 is 0 Å². The van der Waals surface area contributed by atoms with Crippen LogP contribution >= 0.6 is 7.82 Å². The zero-order chi connectivity index (χ0) is 39.6. The van der Waals surface area contributed by atoms with Crippen molar-refractivity contribution < 1.29 is 43.0 Å². The number of aliphatic hydroxyl groups excluding tert-OH is 2. The van der Waals surface area contributed by atoms with E-state index in [4.69, 9.17) is 23.6 Å². The Kier molecular flexibility index (Phi) is 38.5. The smallest absolute Gasteiger partial charge is 0.457 e. The number of esters is 1. The molecule has 0 saturated carbocycles. The molecule has 0 rings (SSSR count). The number of ether oxygens (including phenoxy) is 2. The number of carbonyl (C=O) groups is 1. The van der Waals surface area contributed by atoms with Gasteiger partial charge in [0.05, 0.1) is 33.0 Å². The van der Waals surface area contributed by atoms with Gasteiger partial charge in [-0.05, 0) is 77.0 Å². The molecule has 0 aromatic rings. The molecule has 0 spiro atoms. The van der Waals surface area contributed by atoms with Gasteiger partial charge in [-0.3, -0.25) is 13.8 Å². The van der Waals surface area contributed by atoms with Gasteiger partial charge in [0, 0.05) is 6.42 Å². The zero-order valence-corrected chi connectivity index (χ0v) is 34.5. The Balaban J connectivity index is 4.35. The Morgan fingerprint density at radius 3 is 1.59 bits per heavy atom. The number of hydrogen-bond acceptors (Lipinski definition) is 8. The molecule has 0 bridgehead atoms. The average Bonchev–Trinajstić information content (AvgIpc) is 3.16. The van der Waals surface area contributed by atoms with Crippen LogP contribution in [-0.2, 0) is 27.9 Å². The summed E-state index contributed by atoms with van der Waals surface area (Å²) in [5, 5.41) is 18.3. The summed E-state index contributed by atoms with van der Waals surface area (Å²) in [5.74, 6) is -0.419. The first-order valence-corrected chi connectivity index (χ1v) is 22.1. The summed E-state index contributed by atoms with van der Waals surface area (Å²) in [6.45, 7) is 3.11. The summed E-state index contributed by atoms with van der Waals surface area (Å²) in [6.07, 6.45) is 48.5. The third kappa shape index (κ3) is 39.3. The first-order chi connectivity index (χ1) is 26.3. The molecule has 0 radical (unpaired) electrons. The van der Waals surface area contributed by atoms with Crippen molar-refractivity contribution in [2.45, 2.75) is 154 Å². The van der Waals surface area contributed by atoms with Crippen LogP contribution in [0.15, 0.2) is 85.1 Å². The molecule has 310 valence electrons. The van der Waals surface area contributed by atoms with Crippen molar-refractivity contribution in [3.05, 3.63) is 85.1 Å². The summed E-state index contributed by atoms with van der Waals surface area (Å²) in [6, 6.07) is 0. The number of phosphoric acid groups is 1. The van der Waals surface area contributed by atoms with Gasteiger partial charge in [-0.25, -0.2) is 4.57 Å². The minimum absolute atomic E-state index is 0.0132. The molecule has 0 aliphatic carbocycles. The van der Waals surface area contributed by atoms with Gasteiger partial charge >= 0.3 is 13.8 Å². The van der Waals surface area contributed by atoms with Crippen molar-refractivity contribution in [1.82, 2.24) is 0 Å². The summed E-state index contributed by atoms with van der Waals surface area (Å²) in [4.78, 5) is 22.5. The Labute approximate surface area is 328 Å². The lowest BCUT2D eigenvalue weighted by molar-refractivity contribution is -0.154. The molecule has 0 aliphatic heterocycles. The molecule has 3 N–H and O–H groups in total.